The van der Waals surface area contributed by atoms with Crippen LogP contribution in [0.5, 0.6) is 5.75 Å². The first-order valence-electron chi connectivity index (χ1n) is 10.1. The fourth-order valence-electron chi connectivity index (χ4n) is 4.53. The summed E-state index contributed by atoms with van der Waals surface area (Å²) in [6, 6.07) is 6.85. The Kier molecular flexibility index (Phi) is 6.78. The zero-order chi connectivity index (χ0) is 19.4. The molecule has 6 nitrogen and oxygen atoms in total. The Hall–Kier alpha value is -1.15. The molecule has 27 heavy (non-hydrogen) atoms. The molecular formula is C20H33N3O3S. The molecule has 7 heteroatoms. The van der Waals surface area contributed by atoms with E-state index in [0.717, 1.165) is 32.6 Å². The summed E-state index contributed by atoms with van der Waals surface area (Å²) < 4.78 is 33.1. The number of hydrogen-bond acceptors (Lipinski definition) is 5. The van der Waals surface area contributed by atoms with Gasteiger partial charge in [-0.15, -0.1) is 0 Å². The molecule has 2 bridgehead atoms. The van der Waals surface area contributed by atoms with E-state index in [4.69, 9.17) is 4.74 Å². The Bertz CT molecular complexity index is 704. The van der Waals surface area contributed by atoms with Gasteiger partial charge in [0.15, 0.2) is 0 Å². The highest BCUT2D eigenvalue weighted by molar-refractivity contribution is 7.89. The Morgan fingerprint density at radius 2 is 1.93 bits per heavy atom. The monoisotopic (exact) mass is 395 g/mol. The Morgan fingerprint density at radius 1 is 1.22 bits per heavy atom. The lowest BCUT2D eigenvalue weighted by atomic mass is 9.75. The summed E-state index contributed by atoms with van der Waals surface area (Å²) in [4.78, 5) is 5.29. The number of ether oxygens (including phenoxy) is 1. The van der Waals surface area contributed by atoms with Crippen molar-refractivity contribution in [3.63, 3.8) is 0 Å². The molecule has 1 N–H and O–H groups in total. The van der Waals surface area contributed by atoms with Gasteiger partial charge in [0.1, 0.15) is 5.75 Å². The van der Waals surface area contributed by atoms with E-state index in [-0.39, 0.29) is 0 Å². The number of nitrogens with zero attached hydrogens (tertiary/aromatic N) is 2. The highest BCUT2D eigenvalue weighted by Gasteiger charge is 2.40. The molecule has 4 atom stereocenters. The smallest absolute Gasteiger partial charge is 0.240 e. The van der Waals surface area contributed by atoms with Gasteiger partial charge in [0, 0.05) is 25.7 Å². The summed E-state index contributed by atoms with van der Waals surface area (Å²) in [5, 5.41) is 0. The minimum absolute atomic E-state index is 0.290. The quantitative estimate of drug-likeness (QED) is 0.693. The molecule has 0 radical (unpaired) electrons. The van der Waals surface area contributed by atoms with E-state index in [9.17, 15) is 8.42 Å². The third-order valence-corrected chi connectivity index (χ3v) is 7.72. The van der Waals surface area contributed by atoms with Crippen molar-refractivity contribution in [2.24, 2.45) is 11.8 Å². The average Bonchev–Trinajstić information content (AvgIpc) is 2.71. The zero-order valence-corrected chi connectivity index (χ0v) is 17.5. The van der Waals surface area contributed by atoms with Crippen LogP contribution in [0, 0.1) is 11.8 Å². The number of rotatable bonds is 9. The van der Waals surface area contributed by atoms with Gasteiger partial charge in [-0.05, 0) is 68.6 Å². The summed E-state index contributed by atoms with van der Waals surface area (Å²) in [5.41, 5.74) is 0. The molecule has 1 aromatic carbocycles. The minimum atomic E-state index is -3.48. The van der Waals surface area contributed by atoms with Crippen LogP contribution < -0.4 is 9.46 Å². The molecule has 0 amide bonds. The summed E-state index contributed by atoms with van der Waals surface area (Å²) in [6.45, 7) is 10.5. The minimum Gasteiger partial charge on any atom is -0.497 e. The van der Waals surface area contributed by atoms with Gasteiger partial charge in [-0.3, -0.25) is 4.90 Å². The molecule has 0 saturated carbocycles. The van der Waals surface area contributed by atoms with E-state index < -0.39 is 10.0 Å². The van der Waals surface area contributed by atoms with Crippen LogP contribution in [0.25, 0.3) is 0 Å². The summed E-state index contributed by atoms with van der Waals surface area (Å²) >= 11 is 0. The van der Waals surface area contributed by atoms with E-state index in [1.807, 2.05) is 0 Å². The van der Waals surface area contributed by atoms with E-state index in [1.165, 1.54) is 13.0 Å². The van der Waals surface area contributed by atoms with Crippen molar-refractivity contribution >= 4 is 10.0 Å². The van der Waals surface area contributed by atoms with Crippen molar-refractivity contribution < 1.29 is 13.2 Å². The number of piperidine rings is 3. The van der Waals surface area contributed by atoms with Crippen LogP contribution in [0.2, 0.25) is 0 Å². The standard InChI is InChI=1S/C20H33N3O3S/c1-4-22(5-2)14-17-15-23-11-10-16(17)12-18(23)13-21-27(24,25)20-8-6-19(26-3)7-9-20/h6-9,16-18,21H,4-5,10-15H2,1-3H3/t16-,17+,18+/m0/s1. The second kappa shape index (κ2) is 8.90. The molecular weight excluding hydrogens is 362 g/mol. The first-order chi connectivity index (χ1) is 13.0. The highest BCUT2D eigenvalue weighted by Crippen LogP contribution is 2.36. The third-order valence-electron chi connectivity index (χ3n) is 6.28. The van der Waals surface area contributed by atoms with Gasteiger partial charge >= 0.3 is 0 Å². The van der Waals surface area contributed by atoms with Crippen LogP contribution in [0.3, 0.4) is 0 Å². The van der Waals surface area contributed by atoms with Crippen molar-refractivity contribution in [3.8, 4) is 5.75 Å². The number of benzene rings is 1. The van der Waals surface area contributed by atoms with Gasteiger partial charge in [0.05, 0.1) is 12.0 Å². The summed E-state index contributed by atoms with van der Waals surface area (Å²) in [7, 11) is -1.91. The van der Waals surface area contributed by atoms with E-state index in [0.29, 0.717) is 35.1 Å². The number of hydrogen-bond donors (Lipinski definition) is 1. The lowest BCUT2D eigenvalue weighted by Crippen LogP contribution is -2.58. The highest BCUT2D eigenvalue weighted by atomic mass is 32.2. The number of fused-ring (bicyclic) bond motifs is 3. The van der Waals surface area contributed by atoms with Crippen molar-refractivity contribution in [1.29, 1.82) is 0 Å². The van der Waals surface area contributed by atoms with E-state index in [1.54, 1.807) is 31.4 Å². The fraction of sp³-hybridized carbons (Fsp3) is 0.700. The Balaban J connectivity index is 1.56. The summed E-state index contributed by atoms with van der Waals surface area (Å²) in [5.74, 6) is 2.09. The molecule has 0 aromatic heterocycles. The fourth-order valence-corrected chi connectivity index (χ4v) is 5.60. The number of methoxy groups -OCH3 is 1. The maximum absolute atomic E-state index is 12.6. The molecule has 152 valence electrons. The Morgan fingerprint density at radius 3 is 2.48 bits per heavy atom. The maximum Gasteiger partial charge on any atom is 0.240 e. The molecule has 3 heterocycles. The van der Waals surface area contributed by atoms with Crippen LogP contribution in [-0.2, 0) is 10.0 Å². The van der Waals surface area contributed by atoms with Crippen molar-refractivity contribution in [1.82, 2.24) is 14.5 Å². The van der Waals surface area contributed by atoms with Crippen LogP contribution >= 0.6 is 0 Å². The van der Waals surface area contributed by atoms with Gasteiger partial charge < -0.3 is 9.64 Å². The first kappa shape index (κ1) is 20.6. The van der Waals surface area contributed by atoms with Crippen LogP contribution in [-0.4, -0.2) is 70.6 Å². The topological polar surface area (TPSA) is 61.9 Å². The molecule has 3 fully saturated rings. The van der Waals surface area contributed by atoms with Crippen LogP contribution in [0.4, 0.5) is 0 Å². The maximum atomic E-state index is 12.6. The lowest BCUT2D eigenvalue weighted by Gasteiger charge is -2.50. The van der Waals surface area contributed by atoms with Crippen LogP contribution in [0.15, 0.2) is 29.2 Å². The zero-order valence-electron chi connectivity index (χ0n) is 16.7. The molecule has 3 aliphatic rings. The summed E-state index contributed by atoms with van der Waals surface area (Å²) in [6.07, 6.45) is 2.34. The number of sulfonamides is 1. The van der Waals surface area contributed by atoms with Gasteiger partial charge in [-0.2, -0.15) is 0 Å². The van der Waals surface area contributed by atoms with E-state index in [2.05, 4.69) is 28.4 Å². The van der Waals surface area contributed by atoms with Crippen molar-refractivity contribution in [2.45, 2.75) is 37.6 Å². The second-order valence-electron chi connectivity index (χ2n) is 7.71. The van der Waals surface area contributed by atoms with Crippen molar-refractivity contribution in [3.05, 3.63) is 24.3 Å². The first-order valence-corrected chi connectivity index (χ1v) is 11.5. The number of nitrogens with one attached hydrogen (secondary N) is 1. The molecule has 3 saturated heterocycles. The second-order valence-corrected chi connectivity index (χ2v) is 9.47. The molecule has 0 spiro atoms. The van der Waals surface area contributed by atoms with Gasteiger partial charge in [0.2, 0.25) is 10.0 Å². The molecule has 1 unspecified atom stereocenters. The van der Waals surface area contributed by atoms with E-state index >= 15 is 0 Å². The van der Waals surface area contributed by atoms with Crippen molar-refractivity contribution in [2.75, 3.05) is 46.4 Å². The normalized spacial score (nSPS) is 27.9. The third kappa shape index (κ3) is 4.83. The van der Waals surface area contributed by atoms with Crippen LogP contribution in [0.1, 0.15) is 26.7 Å². The lowest BCUT2D eigenvalue weighted by molar-refractivity contribution is -0.00911. The largest absolute Gasteiger partial charge is 0.497 e. The average molecular weight is 396 g/mol. The predicted octanol–water partition coefficient (Wildman–Crippen LogP) is 2.03. The van der Waals surface area contributed by atoms with Gasteiger partial charge in [0.25, 0.3) is 0 Å². The predicted molar refractivity (Wildman–Crippen MR) is 108 cm³/mol. The SMILES string of the molecule is CCN(CC)C[C@@H]1CN2CC[C@H]1C[C@@H]2CNS(=O)(=O)c1ccc(OC)cc1. The Labute approximate surface area is 163 Å². The molecule has 1 aromatic rings. The molecule has 3 aliphatic heterocycles. The molecule has 4 rings (SSSR count). The van der Waals surface area contributed by atoms with Gasteiger partial charge in [-0.1, -0.05) is 13.8 Å². The van der Waals surface area contributed by atoms with Gasteiger partial charge in [-0.25, -0.2) is 13.1 Å². The molecule has 0 aliphatic carbocycles.